The first kappa shape index (κ1) is 13.9. The zero-order chi connectivity index (χ0) is 13.9. The van der Waals surface area contributed by atoms with Gasteiger partial charge in [0.1, 0.15) is 11.9 Å². The summed E-state index contributed by atoms with van der Waals surface area (Å²) in [5.74, 6) is -0.526. The minimum atomic E-state index is -1.33. The van der Waals surface area contributed by atoms with E-state index in [0.717, 1.165) is 0 Å². The molecule has 1 rings (SSSR count). The quantitative estimate of drug-likeness (QED) is 0.703. The molecule has 1 unspecified atom stereocenters. The van der Waals surface area contributed by atoms with E-state index in [9.17, 15) is 9.59 Å². The molecule has 0 fully saturated rings. The fraction of sp³-hybridized carbons (Fsp3) is 0.600. The van der Waals surface area contributed by atoms with Gasteiger partial charge in [-0.25, -0.2) is 9.59 Å². The molecule has 0 saturated carbocycles. The van der Waals surface area contributed by atoms with E-state index in [0.29, 0.717) is 5.82 Å². The standard InChI is InChI=1S/C10H17N5O3/c1-6(7-14-11-5-15(7)4)12-9(18)13-10(2,3)8(16)17/h5-6H,1-4H3,(H,16,17)(H2,12,13,18). The highest BCUT2D eigenvalue weighted by Crippen LogP contribution is 2.07. The van der Waals surface area contributed by atoms with E-state index >= 15 is 0 Å². The number of aromatic nitrogens is 3. The number of urea groups is 1. The summed E-state index contributed by atoms with van der Waals surface area (Å²) in [7, 11) is 1.76. The number of nitrogens with zero attached hydrogens (tertiary/aromatic N) is 3. The Kier molecular flexibility index (Phi) is 3.89. The SMILES string of the molecule is CC(NC(=O)NC(C)(C)C(=O)O)c1nncn1C. The van der Waals surface area contributed by atoms with Gasteiger partial charge in [0.15, 0.2) is 5.82 Å². The van der Waals surface area contributed by atoms with E-state index in [1.807, 2.05) is 0 Å². The van der Waals surface area contributed by atoms with Gasteiger partial charge in [-0.3, -0.25) is 0 Å². The average molecular weight is 255 g/mol. The summed E-state index contributed by atoms with van der Waals surface area (Å²) >= 11 is 0. The van der Waals surface area contributed by atoms with Crippen molar-refractivity contribution in [1.82, 2.24) is 25.4 Å². The first-order chi connectivity index (χ1) is 8.24. The molecule has 3 N–H and O–H groups in total. The van der Waals surface area contributed by atoms with Crippen LogP contribution in [0.4, 0.5) is 4.79 Å². The molecule has 0 aromatic carbocycles. The van der Waals surface area contributed by atoms with Gasteiger partial charge in [-0.15, -0.1) is 10.2 Å². The van der Waals surface area contributed by atoms with Crippen molar-refractivity contribution >= 4 is 12.0 Å². The monoisotopic (exact) mass is 255 g/mol. The van der Waals surface area contributed by atoms with Crippen molar-refractivity contribution in [2.45, 2.75) is 32.4 Å². The molecule has 8 heteroatoms. The van der Waals surface area contributed by atoms with Crippen LogP contribution in [0.3, 0.4) is 0 Å². The molecule has 18 heavy (non-hydrogen) atoms. The second-order valence-electron chi connectivity index (χ2n) is 4.55. The minimum Gasteiger partial charge on any atom is -0.480 e. The molecule has 1 aromatic rings. The third-order valence-corrected chi connectivity index (χ3v) is 2.44. The molecule has 0 saturated heterocycles. The van der Waals surface area contributed by atoms with Gasteiger partial charge in [-0.05, 0) is 20.8 Å². The van der Waals surface area contributed by atoms with Gasteiger partial charge < -0.3 is 20.3 Å². The van der Waals surface area contributed by atoms with Crippen molar-refractivity contribution in [1.29, 1.82) is 0 Å². The van der Waals surface area contributed by atoms with E-state index in [1.165, 1.54) is 20.2 Å². The molecular formula is C10H17N5O3. The Morgan fingerprint density at radius 1 is 1.50 bits per heavy atom. The van der Waals surface area contributed by atoms with E-state index in [4.69, 9.17) is 5.11 Å². The number of amides is 2. The number of hydrogen-bond donors (Lipinski definition) is 3. The lowest BCUT2D eigenvalue weighted by molar-refractivity contribution is -0.142. The fourth-order valence-electron chi connectivity index (χ4n) is 1.32. The first-order valence-corrected chi connectivity index (χ1v) is 5.40. The van der Waals surface area contributed by atoms with Crippen LogP contribution >= 0.6 is 0 Å². The third-order valence-electron chi connectivity index (χ3n) is 2.44. The van der Waals surface area contributed by atoms with Gasteiger partial charge in [-0.2, -0.15) is 0 Å². The normalized spacial score (nSPS) is 12.9. The molecular weight excluding hydrogens is 238 g/mol. The largest absolute Gasteiger partial charge is 0.480 e. The predicted molar refractivity (Wildman–Crippen MR) is 62.8 cm³/mol. The fourth-order valence-corrected chi connectivity index (χ4v) is 1.32. The number of hydrogen-bond acceptors (Lipinski definition) is 4. The van der Waals surface area contributed by atoms with Crippen molar-refractivity contribution in [3.05, 3.63) is 12.2 Å². The second-order valence-corrected chi connectivity index (χ2v) is 4.55. The van der Waals surface area contributed by atoms with Crippen molar-refractivity contribution in [2.75, 3.05) is 0 Å². The van der Waals surface area contributed by atoms with Gasteiger partial charge in [0.2, 0.25) is 0 Å². The zero-order valence-corrected chi connectivity index (χ0v) is 10.8. The smallest absolute Gasteiger partial charge is 0.328 e. The maximum absolute atomic E-state index is 11.6. The van der Waals surface area contributed by atoms with Crippen molar-refractivity contribution < 1.29 is 14.7 Å². The number of rotatable bonds is 4. The van der Waals surface area contributed by atoms with Crippen LogP contribution in [0, 0.1) is 0 Å². The zero-order valence-electron chi connectivity index (χ0n) is 10.8. The number of carbonyl (C=O) groups excluding carboxylic acids is 1. The summed E-state index contributed by atoms with van der Waals surface area (Å²) in [5.41, 5.74) is -1.33. The van der Waals surface area contributed by atoms with Crippen LogP contribution in [0.15, 0.2) is 6.33 Å². The van der Waals surface area contributed by atoms with E-state index < -0.39 is 17.5 Å². The molecule has 100 valence electrons. The second kappa shape index (κ2) is 5.03. The Labute approximate surface area is 104 Å². The molecule has 0 radical (unpaired) electrons. The van der Waals surface area contributed by atoms with E-state index in [-0.39, 0.29) is 6.04 Å². The summed E-state index contributed by atoms with van der Waals surface area (Å²) in [6.45, 7) is 4.54. The number of nitrogens with one attached hydrogen (secondary N) is 2. The predicted octanol–water partition coefficient (Wildman–Crippen LogP) is 0.0385. The molecule has 0 aliphatic rings. The molecule has 8 nitrogen and oxygen atoms in total. The number of carboxylic acid groups (broad SMARTS) is 1. The molecule has 0 aliphatic heterocycles. The van der Waals surface area contributed by atoms with Crippen LogP contribution in [0.25, 0.3) is 0 Å². The van der Waals surface area contributed by atoms with Crippen molar-refractivity contribution in [3.63, 3.8) is 0 Å². The minimum absolute atomic E-state index is 0.373. The van der Waals surface area contributed by atoms with Gasteiger partial charge >= 0.3 is 12.0 Å². The van der Waals surface area contributed by atoms with Crippen LogP contribution < -0.4 is 10.6 Å². The average Bonchev–Trinajstić information content (AvgIpc) is 2.62. The highest BCUT2D eigenvalue weighted by Gasteiger charge is 2.29. The molecule has 1 atom stereocenters. The number of carboxylic acids is 1. The van der Waals surface area contributed by atoms with Crippen LogP contribution in [0.1, 0.15) is 32.6 Å². The van der Waals surface area contributed by atoms with E-state index in [2.05, 4.69) is 20.8 Å². The molecule has 0 bridgehead atoms. The number of aliphatic carboxylic acids is 1. The lowest BCUT2D eigenvalue weighted by Gasteiger charge is -2.22. The molecule has 1 heterocycles. The van der Waals surface area contributed by atoms with Crippen molar-refractivity contribution in [2.24, 2.45) is 7.05 Å². The summed E-state index contributed by atoms with van der Waals surface area (Å²) in [4.78, 5) is 22.5. The van der Waals surface area contributed by atoms with Crippen molar-refractivity contribution in [3.8, 4) is 0 Å². The lowest BCUT2D eigenvalue weighted by Crippen LogP contribution is -2.53. The van der Waals surface area contributed by atoms with Gasteiger partial charge in [0.25, 0.3) is 0 Å². The maximum atomic E-state index is 11.6. The number of aryl methyl sites for hydroxylation is 1. The van der Waals surface area contributed by atoms with Crippen LogP contribution in [0.2, 0.25) is 0 Å². The highest BCUT2D eigenvalue weighted by molar-refractivity contribution is 5.85. The lowest BCUT2D eigenvalue weighted by atomic mass is 10.1. The molecule has 2 amide bonds. The Balaban J connectivity index is 2.61. The maximum Gasteiger partial charge on any atom is 0.328 e. The number of carbonyl (C=O) groups is 2. The van der Waals surface area contributed by atoms with E-state index in [1.54, 1.807) is 18.5 Å². The Hall–Kier alpha value is -2.12. The van der Waals surface area contributed by atoms with Crippen LogP contribution in [0.5, 0.6) is 0 Å². The third kappa shape index (κ3) is 3.19. The van der Waals surface area contributed by atoms with Crippen LogP contribution in [-0.2, 0) is 11.8 Å². The first-order valence-electron chi connectivity index (χ1n) is 5.40. The summed E-state index contributed by atoms with van der Waals surface area (Å²) < 4.78 is 1.67. The summed E-state index contributed by atoms with van der Waals surface area (Å²) in [5, 5.41) is 21.4. The van der Waals surface area contributed by atoms with Gasteiger partial charge in [-0.1, -0.05) is 0 Å². The molecule has 0 spiro atoms. The summed E-state index contributed by atoms with van der Waals surface area (Å²) in [6.07, 6.45) is 1.52. The topological polar surface area (TPSA) is 109 Å². The van der Waals surface area contributed by atoms with Gasteiger partial charge in [0.05, 0.1) is 6.04 Å². The highest BCUT2D eigenvalue weighted by atomic mass is 16.4. The Morgan fingerprint density at radius 3 is 2.56 bits per heavy atom. The summed E-state index contributed by atoms with van der Waals surface area (Å²) in [6, 6.07) is -0.944. The van der Waals surface area contributed by atoms with Crippen LogP contribution in [-0.4, -0.2) is 37.4 Å². The molecule has 0 aliphatic carbocycles. The van der Waals surface area contributed by atoms with Gasteiger partial charge in [0, 0.05) is 7.05 Å². The molecule has 1 aromatic heterocycles. The Bertz CT molecular complexity index is 454. The Morgan fingerprint density at radius 2 is 2.11 bits per heavy atom.